The zero-order valence-corrected chi connectivity index (χ0v) is 17.5. The molecule has 0 spiro atoms. The molecule has 0 saturated carbocycles. The van der Waals surface area contributed by atoms with Crippen LogP contribution in [0.3, 0.4) is 0 Å². The number of esters is 1. The van der Waals surface area contributed by atoms with E-state index in [-0.39, 0.29) is 5.75 Å². The molecule has 0 fully saturated rings. The highest BCUT2D eigenvalue weighted by Gasteiger charge is 2.81. The molecule has 0 bridgehead atoms. The molecule has 16 heteroatoms. The second-order valence-corrected chi connectivity index (χ2v) is 9.71. The highest BCUT2D eigenvalue weighted by Crippen LogP contribution is 2.50. The molecule has 8 nitrogen and oxygen atoms in total. The van der Waals surface area contributed by atoms with E-state index < -0.39 is 53.8 Å². The highest BCUT2D eigenvalue weighted by molar-refractivity contribution is 7.88. The molecule has 178 valence electrons. The summed E-state index contributed by atoms with van der Waals surface area (Å²) in [7, 11) is -14.3. The average molecular weight is 501 g/mol. The maximum absolute atomic E-state index is 13.7. The van der Waals surface area contributed by atoms with E-state index in [9.17, 15) is 52.5 Å². The van der Waals surface area contributed by atoms with Crippen LogP contribution in [-0.2, 0) is 25.0 Å². The van der Waals surface area contributed by atoms with E-state index in [1.54, 1.807) is 20.8 Å². The van der Waals surface area contributed by atoms with Crippen LogP contribution in [0.5, 0.6) is 11.5 Å². The summed E-state index contributed by atoms with van der Waals surface area (Å²) in [5.74, 6) is -9.22. The second kappa shape index (κ2) is 8.12. The Kier molecular flexibility index (Phi) is 7.07. The van der Waals surface area contributed by atoms with Crippen molar-refractivity contribution < 1.29 is 61.4 Å². The minimum atomic E-state index is -7.39. The Balaban J connectivity index is 3.18. The van der Waals surface area contributed by atoms with Crippen molar-refractivity contribution in [2.75, 3.05) is 0 Å². The number of hydrogen-bond acceptors (Lipinski definition) is 8. The van der Waals surface area contributed by atoms with Gasteiger partial charge in [0.25, 0.3) is 0 Å². The van der Waals surface area contributed by atoms with Crippen molar-refractivity contribution in [3.63, 3.8) is 0 Å². The van der Waals surface area contributed by atoms with Gasteiger partial charge in [-0.1, -0.05) is 6.92 Å². The fraction of sp³-hybridized carbons (Fsp3) is 0.533. The number of ether oxygens (including phenoxy) is 1. The number of rotatable bonds is 9. The maximum Gasteiger partial charge on any atom is 0.450 e. The predicted molar refractivity (Wildman–Crippen MR) is 90.2 cm³/mol. The van der Waals surface area contributed by atoms with Crippen LogP contribution < -0.4 is 8.92 Å². The number of carbonyl (C=O) groups excluding carboxylic acids is 1. The lowest BCUT2D eigenvalue weighted by atomic mass is 9.91. The van der Waals surface area contributed by atoms with Crippen molar-refractivity contribution in [3.8, 4) is 11.5 Å². The number of benzene rings is 1. The molecular formula is C15H15F6O8S2-. The van der Waals surface area contributed by atoms with Crippen LogP contribution in [0.25, 0.3) is 0 Å². The lowest BCUT2D eigenvalue weighted by Gasteiger charge is -2.32. The fourth-order valence-electron chi connectivity index (χ4n) is 1.62. The first-order valence-corrected chi connectivity index (χ1v) is 10.8. The SMILES string of the molecule is CCC(C)(C)C(=O)Oc1ccc(OS(=O)(=O)C(F)(F)C(F)(F)C(F)(F)S(=O)(=O)[O-])cc1. The molecule has 0 aliphatic rings. The second-order valence-electron chi connectivity index (χ2n) is 6.70. The molecule has 0 amide bonds. The Morgan fingerprint density at radius 2 is 1.32 bits per heavy atom. The van der Waals surface area contributed by atoms with Gasteiger partial charge in [-0.25, -0.2) is 8.42 Å². The minimum Gasteiger partial charge on any atom is -0.743 e. The lowest BCUT2D eigenvalue weighted by molar-refractivity contribution is -0.247. The third-order valence-electron chi connectivity index (χ3n) is 4.04. The van der Waals surface area contributed by atoms with Crippen LogP contribution in [0, 0.1) is 5.41 Å². The van der Waals surface area contributed by atoms with Gasteiger partial charge < -0.3 is 13.5 Å². The normalized spacial score (nSPS) is 14.3. The van der Waals surface area contributed by atoms with Crippen LogP contribution in [0.1, 0.15) is 27.2 Å². The van der Waals surface area contributed by atoms with Gasteiger partial charge in [0.05, 0.1) is 5.41 Å². The van der Waals surface area contributed by atoms with Crippen LogP contribution in [0.15, 0.2) is 24.3 Å². The van der Waals surface area contributed by atoms with E-state index >= 15 is 0 Å². The van der Waals surface area contributed by atoms with Crippen molar-refractivity contribution in [1.29, 1.82) is 0 Å². The monoisotopic (exact) mass is 501 g/mol. The smallest absolute Gasteiger partial charge is 0.450 e. The van der Waals surface area contributed by atoms with Gasteiger partial charge in [0.1, 0.15) is 11.5 Å². The van der Waals surface area contributed by atoms with Crippen LogP contribution in [-0.4, -0.2) is 43.8 Å². The molecule has 0 heterocycles. The van der Waals surface area contributed by atoms with Gasteiger partial charge >= 0.3 is 32.5 Å². The first kappa shape index (κ1) is 27.0. The molecule has 1 aromatic rings. The number of carbonyl (C=O) groups is 1. The third-order valence-corrected chi connectivity index (χ3v) is 6.22. The Bertz CT molecular complexity index is 1030. The summed E-state index contributed by atoms with van der Waals surface area (Å²) in [5, 5.41) is -13.8. The van der Waals surface area contributed by atoms with Gasteiger partial charge in [0, 0.05) is 0 Å². The highest BCUT2D eigenvalue weighted by atomic mass is 32.2. The third kappa shape index (κ3) is 4.90. The van der Waals surface area contributed by atoms with E-state index in [1.807, 2.05) is 0 Å². The van der Waals surface area contributed by atoms with Crippen molar-refractivity contribution >= 4 is 26.2 Å². The van der Waals surface area contributed by atoms with E-state index in [2.05, 4.69) is 4.18 Å². The Labute approximate surface area is 173 Å². The number of halogens is 6. The Hall–Kier alpha value is -2.07. The summed E-state index contributed by atoms with van der Waals surface area (Å²) in [6.45, 7) is 4.76. The summed E-state index contributed by atoms with van der Waals surface area (Å²) in [6.07, 6.45) is 0.373. The van der Waals surface area contributed by atoms with Crippen LogP contribution in [0.2, 0.25) is 0 Å². The molecule has 1 aromatic carbocycles. The molecule has 0 N–H and O–H groups in total. The quantitative estimate of drug-likeness (QED) is 0.166. The van der Waals surface area contributed by atoms with Crippen molar-refractivity contribution in [2.45, 2.75) is 43.6 Å². The van der Waals surface area contributed by atoms with E-state index in [0.717, 1.165) is 12.1 Å². The van der Waals surface area contributed by atoms with Crippen molar-refractivity contribution in [2.24, 2.45) is 5.41 Å². The summed E-state index contributed by atoms with van der Waals surface area (Å²) in [6, 6.07) is 2.77. The first-order valence-electron chi connectivity index (χ1n) is 7.99. The van der Waals surface area contributed by atoms with Crippen LogP contribution in [0.4, 0.5) is 26.3 Å². The fourth-order valence-corrected chi connectivity index (χ4v) is 3.03. The summed E-state index contributed by atoms with van der Waals surface area (Å²) >= 11 is 0. The predicted octanol–water partition coefficient (Wildman–Crippen LogP) is 3.10. The molecule has 1 rings (SSSR count). The Morgan fingerprint density at radius 3 is 1.71 bits per heavy atom. The van der Waals surface area contributed by atoms with Crippen molar-refractivity contribution in [3.05, 3.63) is 24.3 Å². The van der Waals surface area contributed by atoms with Gasteiger partial charge in [-0.05, 0) is 44.5 Å². The molecule has 0 aliphatic carbocycles. The molecule has 0 atom stereocenters. The topological polar surface area (TPSA) is 127 Å². The van der Waals surface area contributed by atoms with Gasteiger partial charge in [0.15, 0.2) is 10.1 Å². The number of alkyl halides is 6. The zero-order chi connectivity index (χ0) is 24.7. The lowest BCUT2D eigenvalue weighted by Crippen LogP contribution is -2.61. The molecular weight excluding hydrogens is 486 g/mol. The standard InChI is InChI=1S/C15H16F6O8S2/c1-4-12(2,3)11(22)28-9-5-7-10(8-6-9)29-31(26,27)15(20,21)13(16,17)14(18,19)30(23,24)25/h5-8H,4H2,1-3H3,(H,23,24,25)/p-1. The van der Waals surface area contributed by atoms with Gasteiger partial charge in [0.2, 0.25) is 0 Å². The summed E-state index contributed by atoms with van der Waals surface area (Å²) < 4.78 is 143. The summed E-state index contributed by atoms with van der Waals surface area (Å²) in [4.78, 5) is 11.9. The Morgan fingerprint density at radius 1 is 0.903 bits per heavy atom. The van der Waals surface area contributed by atoms with Crippen molar-refractivity contribution in [1.82, 2.24) is 0 Å². The first-order chi connectivity index (χ1) is 13.6. The van der Waals surface area contributed by atoms with E-state index in [4.69, 9.17) is 4.74 Å². The largest absolute Gasteiger partial charge is 0.743 e. The molecule has 0 aromatic heterocycles. The van der Waals surface area contributed by atoms with Crippen LogP contribution >= 0.6 is 0 Å². The minimum absolute atomic E-state index is 0.225. The molecule has 31 heavy (non-hydrogen) atoms. The van der Waals surface area contributed by atoms with Gasteiger partial charge in [-0.3, -0.25) is 4.79 Å². The van der Waals surface area contributed by atoms with Gasteiger partial charge in [-0.2, -0.15) is 34.8 Å². The maximum atomic E-state index is 13.7. The number of hydrogen-bond donors (Lipinski definition) is 0. The average Bonchev–Trinajstić information content (AvgIpc) is 2.61. The summed E-state index contributed by atoms with van der Waals surface area (Å²) in [5.41, 5.74) is -0.917. The van der Waals surface area contributed by atoms with E-state index in [0.29, 0.717) is 18.6 Å². The molecule has 0 radical (unpaired) electrons. The molecule has 0 aliphatic heterocycles. The van der Waals surface area contributed by atoms with Gasteiger partial charge in [-0.15, -0.1) is 0 Å². The molecule has 0 saturated heterocycles. The zero-order valence-electron chi connectivity index (χ0n) is 15.9. The molecule has 0 unspecified atom stereocenters. The van der Waals surface area contributed by atoms with E-state index in [1.165, 1.54) is 0 Å².